The third-order valence-electron chi connectivity index (χ3n) is 3.43. The number of H-pyrrole nitrogens is 1. The second-order valence-corrected chi connectivity index (χ2v) is 5.13. The second kappa shape index (κ2) is 6.87. The van der Waals surface area contributed by atoms with Gasteiger partial charge in [0.2, 0.25) is 5.91 Å². The summed E-state index contributed by atoms with van der Waals surface area (Å²) >= 11 is 0. The van der Waals surface area contributed by atoms with Crippen molar-refractivity contribution < 1.29 is 9.59 Å². The smallest absolute Gasteiger partial charge is 0.253 e. The van der Waals surface area contributed by atoms with Gasteiger partial charge in [-0.25, -0.2) is 0 Å². The van der Waals surface area contributed by atoms with Crippen LogP contribution in [0.15, 0.2) is 29.3 Å². The maximum atomic E-state index is 12.0. The number of carbonyl (C=O) groups is 2. The topological polar surface area (TPSA) is 118 Å². The minimum Gasteiger partial charge on any atom is -0.368 e. The zero-order valence-electron chi connectivity index (χ0n) is 13.0. The van der Waals surface area contributed by atoms with Crippen molar-refractivity contribution in [1.82, 2.24) is 15.3 Å². The maximum Gasteiger partial charge on any atom is 0.253 e. The Kier molecular flexibility index (Phi) is 4.90. The number of hydrogen-bond donors (Lipinski definition) is 3. The zero-order valence-corrected chi connectivity index (χ0v) is 13.0. The molecule has 7 heteroatoms. The minimum atomic E-state index is -0.619. The number of aryl methyl sites for hydroxylation is 2. The molecule has 0 saturated heterocycles. The number of aromatic nitrogens is 2. The largest absolute Gasteiger partial charge is 0.368 e. The molecule has 0 aliphatic carbocycles. The number of hydrogen-bond acceptors (Lipinski definition) is 4. The van der Waals surface area contributed by atoms with Crippen LogP contribution in [0.1, 0.15) is 28.5 Å². The summed E-state index contributed by atoms with van der Waals surface area (Å²) in [6, 6.07) is 3.46. The van der Waals surface area contributed by atoms with E-state index in [-0.39, 0.29) is 12.1 Å². The molecule has 0 spiro atoms. The summed E-state index contributed by atoms with van der Waals surface area (Å²) in [4.78, 5) is 41.4. The second-order valence-electron chi connectivity index (χ2n) is 5.13. The van der Waals surface area contributed by atoms with Crippen molar-refractivity contribution in [2.75, 3.05) is 6.54 Å². The molecule has 0 aliphatic rings. The van der Waals surface area contributed by atoms with E-state index >= 15 is 0 Å². The van der Waals surface area contributed by atoms with Crippen LogP contribution in [0, 0.1) is 6.92 Å². The molecule has 2 rings (SSSR count). The Hall–Kier alpha value is -2.96. The van der Waals surface area contributed by atoms with Crippen molar-refractivity contribution in [2.45, 2.75) is 20.3 Å². The number of rotatable bonds is 5. The molecule has 7 nitrogen and oxygen atoms in total. The van der Waals surface area contributed by atoms with Gasteiger partial charge < -0.3 is 16.0 Å². The fourth-order valence-electron chi connectivity index (χ4n) is 2.21. The molecular weight excluding hydrogens is 296 g/mol. The molecule has 2 aromatic rings. The summed E-state index contributed by atoms with van der Waals surface area (Å²) < 4.78 is 0. The van der Waals surface area contributed by atoms with Gasteiger partial charge in [-0.1, -0.05) is 6.92 Å². The van der Waals surface area contributed by atoms with Crippen molar-refractivity contribution >= 4 is 11.8 Å². The van der Waals surface area contributed by atoms with E-state index in [0.717, 1.165) is 5.56 Å². The lowest BCUT2D eigenvalue weighted by atomic mass is 10.0. The van der Waals surface area contributed by atoms with Gasteiger partial charge in [0.15, 0.2) is 0 Å². The van der Waals surface area contributed by atoms with Crippen LogP contribution in [0.25, 0.3) is 11.1 Å². The highest BCUT2D eigenvalue weighted by Crippen LogP contribution is 2.22. The molecule has 0 radical (unpaired) electrons. The van der Waals surface area contributed by atoms with Gasteiger partial charge in [-0.05, 0) is 25.5 Å². The monoisotopic (exact) mass is 314 g/mol. The van der Waals surface area contributed by atoms with Crippen LogP contribution in [0.4, 0.5) is 0 Å². The number of carbonyl (C=O) groups excluding carboxylic acids is 2. The number of pyridine rings is 2. The number of primary amides is 1. The Bertz CT molecular complexity index is 811. The van der Waals surface area contributed by atoms with Crippen molar-refractivity contribution in [2.24, 2.45) is 5.73 Å². The van der Waals surface area contributed by atoms with E-state index in [9.17, 15) is 14.4 Å². The molecule has 0 fully saturated rings. The predicted molar refractivity (Wildman–Crippen MR) is 85.9 cm³/mol. The molecule has 2 heterocycles. The van der Waals surface area contributed by atoms with Crippen molar-refractivity contribution in [3.63, 3.8) is 0 Å². The van der Waals surface area contributed by atoms with Crippen LogP contribution in [0.2, 0.25) is 0 Å². The molecule has 0 atom stereocenters. The number of nitrogens with two attached hydrogens (primary N) is 1. The van der Waals surface area contributed by atoms with Crippen molar-refractivity contribution in [3.8, 4) is 11.1 Å². The van der Waals surface area contributed by atoms with E-state index in [0.29, 0.717) is 28.8 Å². The van der Waals surface area contributed by atoms with Crippen molar-refractivity contribution in [1.29, 1.82) is 0 Å². The molecule has 120 valence electrons. The number of amides is 2. The number of nitrogens with zero attached hydrogens (tertiary/aromatic N) is 1. The molecular formula is C16H18N4O3. The summed E-state index contributed by atoms with van der Waals surface area (Å²) in [5.74, 6) is -1.05. The van der Waals surface area contributed by atoms with Crippen LogP contribution in [-0.2, 0) is 11.2 Å². The summed E-state index contributed by atoms with van der Waals surface area (Å²) in [6.07, 6.45) is 3.63. The summed E-state index contributed by atoms with van der Waals surface area (Å²) in [7, 11) is 0. The van der Waals surface area contributed by atoms with Gasteiger partial charge in [0.25, 0.3) is 11.5 Å². The van der Waals surface area contributed by atoms with E-state index in [1.54, 1.807) is 25.3 Å². The van der Waals surface area contributed by atoms with Crippen LogP contribution < -0.4 is 16.6 Å². The van der Waals surface area contributed by atoms with E-state index in [2.05, 4.69) is 15.3 Å². The molecule has 23 heavy (non-hydrogen) atoms. The van der Waals surface area contributed by atoms with Gasteiger partial charge in [-0.15, -0.1) is 0 Å². The highest BCUT2D eigenvalue weighted by Gasteiger charge is 2.11. The van der Waals surface area contributed by atoms with Crippen LogP contribution in [-0.4, -0.2) is 28.3 Å². The SMILES string of the molecule is CCc1cc(-c2cncc(C(=O)NCC(N)=O)c2)c(C)[nH]c1=O. The third kappa shape index (κ3) is 3.82. The number of nitrogens with one attached hydrogen (secondary N) is 2. The van der Waals surface area contributed by atoms with Gasteiger partial charge in [0, 0.05) is 34.8 Å². The average molecular weight is 314 g/mol. The number of aromatic amines is 1. The van der Waals surface area contributed by atoms with Crippen molar-refractivity contribution in [3.05, 3.63) is 51.7 Å². The molecule has 2 aromatic heterocycles. The predicted octanol–water partition coefficient (Wildman–Crippen LogP) is 0.523. The summed E-state index contributed by atoms with van der Waals surface area (Å²) in [5.41, 5.74) is 8.07. The molecule has 2 amide bonds. The first-order valence-corrected chi connectivity index (χ1v) is 7.17. The Morgan fingerprint density at radius 3 is 2.70 bits per heavy atom. The highest BCUT2D eigenvalue weighted by molar-refractivity contribution is 5.97. The highest BCUT2D eigenvalue weighted by atomic mass is 16.2. The summed E-state index contributed by atoms with van der Waals surface area (Å²) in [5, 5.41) is 2.41. The molecule has 4 N–H and O–H groups in total. The quantitative estimate of drug-likeness (QED) is 0.745. The van der Waals surface area contributed by atoms with Gasteiger partial charge in [-0.2, -0.15) is 0 Å². The lowest BCUT2D eigenvalue weighted by molar-refractivity contribution is -0.117. The Balaban J connectivity index is 2.38. The molecule has 0 aliphatic heterocycles. The van der Waals surface area contributed by atoms with Crippen LogP contribution in [0.3, 0.4) is 0 Å². The lowest BCUT2D eigenvalue weighted by Crippen LogP contribution is -2.33. The third-order valence-corrected chi connectivity index (χ3v) is 3.43. The Morgan fingerprint density at radius 1 is 1.30 bits per heavy atom. The minimum absolute atomic E-state index is 0.114. The van der Waals surface area contributed by atoms with E-state index in [1.165, 1.54) is 6.20 Å². The van der Waals surface area contributed by atoms with Gasteiger partial charge in [0.1, 0.15) is 0 Å². The van der Waals surface area contributed by atoms with Gasteiger partial charge in [-0.3, -0.25) is 19.4 Å². The van der Waals surface area contributed by atoms with E-state index in [1.807, 2.05) is 6.92 Å². The Labute approximate surface area is 132 Å². The first-order chi connectivity index (χ1) is 10.9. The fraction of sp³-hybridized carbons (Fsp3) is 0.250. The van der Waals surface area contributed by atoms with E-state index < -0.39 is 11.8 Å². The summed E-state index contributed by atoms with van der Waals surface area (Å²) in [6.45, 7) is 3.45. The average Bonchev–Trinajstić information content (AvgIpc) is 2.53. The Morgan fingerprint density at radius 2 is 2.04 bits per heavy atom. The zero-order chi connectivity index (χ0) is 17.0. The first-order valence-electron chi connectivity index (χ1n) is 7.17. The molecule has 0 bridgehead atoms. The van der Waals surface area contributed by atoms with Gasteiger partial charge in [0.05, 0.1) is 12.1 Å². The molecule has 0 saturated carbocycles. The lowest BCUT2D eigenvalue weighted by Gasteiger charge is -2.09. The fourth-order valence-corrected chi connectivity index (χ4v) is 2.21. The van der Waals surface area contributed by atoms with Crippen LogP contribution in [0.5, 0.6) is 0 Å². The maximum absolute atomic E-state index is 12.0. The standard InChI is InChI=1S/C16H18N4O3/c1-3-10-5-13(9(2)20-16(10)23)11-4-12(7-18-6-11)15(22)19-8-14(17)21/h4-7H,3,8H2,1-2H3,(H2,17,21)(H,19,22)(H,20,23). The van der Waals surface area contributed by atoms with Gasteiger partial charge >= 0.3 is 0 Å². The molecule has 0 aromatic carbocycles. The normalized spacial score (nSPS) is 10.3. The molecule has 0 unspecified atom stereocenters. The first kappa shape index (κ1) is 16.4. The van der Waals surface area contributed by atoms with Crippen LogP contribution >= 0.6 is 0 Å². The van der Waals surface area contributed by atoms with E-state index in [4.69, 9.17) is 5.73 Å².